The molecule has 5 heteroatoms. The van der Waals surface area contributed by atoms with Crippen molar-refractivity contribution in [3.8, 4) is 0 Å². The molecule has 2 atom stereocenters. The molecule has 0 bridgehead atoms. The first-order valence-electron chi connectivity index (χ1n) is 6.58. The molecule has 0 aromatic heterocycles. The highest BCUT2D eigenvalue weighted by molar-refractivity contribution is 9.10. The molecule has 0 spiro atoms. The highest BCUT2D eigenvalue weighted by atomic mass is 79.9. The van der Waals surface area contributed by atoms with Crippen LogP contribution in [0.2, 0.25) is 5.02 Å². The summed E-state index contributed by atoms with van der Waals surface area (Å²) in [5.74, 6) is -0.284. The molecule has 0 fully saturated rings. The zero-order valence-corrected chi connectivity index (χ0v) is 13.4. The lowest BCUT2D eigenvalue weighted by atomic mass is 10.1. The number of rotatable bonds is 2. The van der Waals surface area contributed by atoms with Crippen LogP contribution in [0.25, 0.3) is 0 Å². The maximum atomic E-state index is 12.4. The van der Waals surface area contributed by atoms with Gasteiger partial charge in [0.2, 0.25) is 0 Å². The highest BCUT2D eigenvalue weighted by Crippen LogP contribution is 2.32. The number of aliphatic hydroxyl groups is 1. The molecule has 0 saturated carbocycles. The van der Waals surface area contributed by atoms with Gasteiger partial charge in [-0.15, -0.1) is 0 Å². The van der Waals surface area contributed by atoms with Crippen LogP contribution in [0.3, 0.4) is 0 Å². The standard InChI is InChI=1S/C16H13BrClNO2/c17-10-5-6-12(13(18)8-10)16(21)19-15-11-4-2-1-3-9(11)7-14(15)20/h1-6,8,14-15,20H,7H2,(H,19,21)/t14-,15+/m0/s1. The van der Waals surface area contributed by atoms with Crippen LogP contribution in [0.4, 0.5) is 0 Å². The van der Waals surface area contributed by atoms with Gasteiger partial charge < -0.3 is 10.4 Å². The summed E-state index contributed by atoms with van der Waals surface area (Å²) < 4.78 is 0.815. The summed E-state index contributed by atoms with van der Waals surface area (Å²) >= 11 is 9.40. The Hall–Kier alpha value is -1.36. The van der Waals surface area contributed by atoms with E-state index < -0.39 is 12.1 Å². The van der Waals surface area contributed by atoms with Crippen LogP contribution < -0.4 is 5.32 Å². The zero-order valence-electron chi connectivity index (χ0n) is 11.0. The number of nitrogens with one attached hydrogen (secondary N) is 1. The summed E-state index contributed by atoms with van der Waals surface area (Å²) in [6.07, 6.45) is -0.0598. The molecule has 1 aliphatic carbocycles. The molecule has 108 valence electrons. The summed E-state index contributed by atoms with van der Waals surface area (Å²) in [6, 6.07) is 12.4. The molecule has 2 aromatic rings. The normalized spacial score (nSPS) is 20.1. The second-order valence-corrected chi connectivity index (χ2v) is 6.37. The van der Waals surface area contributed by atoms with Gasteiger partial charge in [-0.05, 0) is 29.3 Å². The molecule has 0 saturated heterocycles. The lowest BCUT2D eigenvalue weighted by molar-refractivity contribution is 0.0858. The third-order valence-electron chi connectivity index (χ3n) is 3.67. The van der Waals surface area contributed by atoms with Gasteiger partial charge in [0.05, 0.1) is 22.7 Å². The fourth-order valence-electron chi connectivity index (χ4n) is 2.64. The van der Waals surface area contributed by atoms with Crippen molar-refractivity contribution in [3.63, 3.8) is 0 Å². The van der Waals surface area contributed by atoms with Gasteiger partial charge in [0.1, 0.15) is 0 Å². The van der Waals surface area contributed by atoms with Crippen molar-refractivity contribution >= 4 is 33.4 Å². The molecule has 0 unspecified atom stereocenters. The Labute approximate surface area is 136 Å². The summed E-state index contributed by atoms with van der Waals surface area (Å²) in [7, 11) is 0. The number of aliphatic hydroxyl groups excluding tert-OH is 1. The fourth-order valence-corrected chi connectivity index (χ4v) is 3.40. The van der Waals surface area contributed by atoms with Crippen LogP contribution in [0, 0.1) is 0 Å². The van der Waals surface area contributed by atoms with Gasteiger partial charge in [-0.3, -0.25) is 4.79 Å². The smallest absolute Gasteiger partial charge is 0.253 e. The van der Waals surface area contributed by atoms with E-state index in [0.717, 1.165) is 15.6 Å². The number of carbonyl (C=O) groups is 1. The Bertz CT molecular complexity index is 704. The largest absolute Gasteiger partial charge is 0.390 e. The average molecular weight is 367 g/mol. The zero-order chi connectivity index (χ0) is 15.0. The molecule has 0 aliphatic heterocycles. The van der Waals surface area contributed by atoms with Crippen LogP contribution in [0.1, 0.15) is 27.5 Å². The van der Waals surface area contributed by atoms with Gasteiger partial charge in [-0.25, -0.2) is 0 Å². The Kier molecular flexibility index (Phi) is 4.02. The van der Waals surface area contributed by atoms with Crippen molar-refractivity contribution in [1.29, 1.82) is 0 Å². The molecule has 1 amide bonds. The van der Waals surface area contributed by atoms with Crippen molar-refractivity contribution in [3.05, 3.63) is 68.7 Å². The predicted octanol–water partition coefficient (Wildman–Crippen LogP) is 3.49. The molecule has 2 aromatic carbocycles. The van der Waals surface area contributed by atoms with E-state index in [1.54, 1.807) is 18.2 Å². The van der Waals surface area contributed by atoms with Crippen molar-refractivity contribution in [2.75, 3.05) is 0 Å². The number of hydrogen-bond donors (Lipinski definition) is 2. The van der Waals surface area contributed by atoms with E-state index in [0.29, 0.717) is 17.0 Å². The second kappa shape index (κ2) is 5.79. The van der Waals surface area contributed by atoms with Gasteiger partial charge in [0.15, 0.2) is 0 Å². The monoisotopic (exact) mass is 365 g/mol. The van der Waals surface area contributed by atoms with E-state index in [-0.39, 0.29) is 5.91 Å². The Morgan fingerprint density at radius 3 is 2.81 bits per heavy atom. The van der Waals surface area contributed by atoms with Crippen LogP contribution in [-0.4, -0.2) is 17.1 Å². The molecular weight excluding hydrogens is 354 g/mol. The van der Waals surface area contributed by atoms with E-state index >= 15 is 0 Å². The first-order valence-corrected chi connectivity index (χ1v) is 7.75. The van der Waals surface area contributed by atoms with E-state index in [2.05, 4.69) is 21.2 Å². The van der Waals surface area contributed by atoms with Crippen LogP contribution in [0.15, 0.2) is 46.9 Å². The molecular formula is C16H13BrClNO2. The van der Waals surface area contributed by atoms with Crippen molar-refractivity contribution in [2.24, 2.45) is 0 Å². The molecule has 1 aliphatic rings. The number of halogens is 2. The third-order valence-corrected chi connectivity index (χ3v) is 4.47. The summed E-state index contributed by atoms with van der Waals surface area (Å²) in [4.78, 5) is 12.4. The number of amides is 1. The summed E-state index contributed by atoms with van der Waals surface area (Å²) in [6.45, 7) is 0. The fraction of sp³-hybridized carbons (Fsp3) is 0.188. The molecule has 0 heterocycles. The molecule has 21 heavy (non-hydrogen) atoms. The number of carbonyl (C=O) groups excluding carboxylic acids is 1. The minimum atomic E-state index is -0.611. The SMILES string of the molecule is O=C(N[C@@H]1c2ccccc2C[C@@H]1O)c1ccc(Br)cc1Cl. The summed E-state index contributed by atoms with van der Waals surface area (Å²) in [5, 5.41) is 13.4. The maximum Gasteiger partial charge on any atom is 0.253 e. The topological polar surface area (TPSA) is 49.3 Å². The van der Waals surface area contributed by atoms with Gasteiger partial charge in [0.25, 0.3) is 5.91 Å². The van der Waals surface area contributed by atoms with Crippen molar-refractivity contribution in [1.82, 2.24) is 5.32 Å². The van der Waals surface area contributed by atoms with E-state index in [9.17, 15) is 9.90 Å². The Balaban J connectivity index is 1.85. The predicted molar refractivity (Wildman–Crippen MR) is 85.5 cm³/mol. The van der Waals surface area contributed by atoms with Crippen LogP contribution >= 0.6 is 27.5 Å². The highest BCUT2D eigenvalue weighted by Gasteiger charge is 2.32. The lowest BCUT2D eigenvalue weighted by Gasteiger charge is -2.18. The van der Waals surface area contributed by atoms with Gasteiger partial charge >= 0.3 is 0 Å². The maximum absolute atomic E-state index is 12.4. The van der Waals surface area contributed by atoms with Gasteiger partial charge in [-0.1, -0.05) is 51.8 Å². The quantitative estimate of drug-likeness (QED) is 0.855. The minimum absolute atomic E-state index is 0.284. The minimum Gasteiger partial charge on any atom is -0.390 e. The molecule has 0 radical (unpaired) electrons. The third kappa shape index (κ3) is 2.84. The van der Waals surface area contributed by atoms with Crippen molar-refractivity contribution < 1.29 is 9.90 Å². The van der Waals surface area contributed by atoms with Crippen LogP contribution in [0.5, 0.6) is 0 Å². The molecule has 3 rings (SSSR count). The first-order chi connectivity index (χ1) is 10.1. The summed E-state index contributed by atoms with van der Waals surface area (Å²) in [5.41, 5.74) is 2.43. The lowest BCUT2D eigenvalue weighted by Crippen LogP contribution is -2.34. The number of benzene rings is 2. The second-order valence-electron chi connectivity index (χ2n) is 5.05. The van der Waals surface area contributed by atoms with Gasteiger partial charge in [-0.2, -0.15) is 0 Å². The van der Waals surface area contributed by atoms with E-state index in [1.807, 2.05) is 24.3 Å². The van der Waals surface area contributed by atoms with Gasteiger partial charge in [0, 0.05) is 10.9 Å². The first kappa shape index (κ1) is 14.6. The van der Waals surface area contributed by atoms with Crippen LogP contribution in [-0.2, 0) is 6.42 Å². The van der Waals surface area contributed by atoms with E-state index in [4.69, 9.17) is 11.6 Å². The Morgan fingerprint density at radius 1 is 1.29 bits per heavy atom. The Morgan fingerprint density at radius 2 is 2.05 bits per heavy atom. The van der Waals surface area contributed by atoms with E-state index in [1.165, 1.54) is 0 Å². The molecule has 2 N–H and O–H groups in total. The average Bonchev–Trinajstić information content (AvgIpc) is 2.75. The number of hydrogen-bond acceptors (Lipinski definition) is 2. The number of fused-ring (bicyclic) bond motifs is 1. The molecule has 3 nitrogen and oxygen atoms in total. The van der Waals surface area contributed by atoms with Crippen molar-refractivity contribution in [2.45, 2.75) is 18.6 Å².